The van der Waals surface area contributed by atoms with Crippen LogP contribution in [0.5, 0.6) is 0 Å². The number of nitriles is 1. The molecule has 14 nitrogen and oxygen atoms in total. The molecule has 51 heavy (non-hydrogen) atoms. The smallest absolute Gasteiger partial charge is 0.475 e. The number of hydrogen-bond acceptors (Lipinski definition) is 9. The molecule has 2 fully saturated rings. The summed E-state index contributed by atoms with van der Waals surface area (Å²) < 4.78 is 67.0. The van der Waals surface area contributed by atoms with Gasteiger partial charge in [0.15, 0.2) is 0 Å². The van der Waals surface area contributed by atoms with Crippen LogP contribution in [0.2, 0.25) is 0 Å². The summed E-state index contributed by atoms with van der Waals surface area (Å²) in [6.07, 6.45) is 2.17. The van der Waals surface area contributed by atoms with Crippen LogP contribution in [0, 0.1) is 11.3 Å². The molecule has 0 aromatic carbocycles. The van der Waals surface area contributed by atoms with Crippen molar-refractivity contribution in [3.05, 3.63) is 54.7 Å². The summed E-state index contributed by atoms with van der Waals surface area (Å²) in [7, 11) is 1.88. The van der Waals surface area contributed by atoms with Gasteiger partial charge < -0.3 is 25.3 Å². The Kier molecular flexibility index (Phi) is 11.9. The van der Waals surface area contributed by atoms with E-state index in [0.29, 0.717) is 18.7 Å². The highest BCUT2D eigenvalue weighted by Crippen LogP contribution is 2.32. The third-order valence-corrected chi connectivity index (χ3v) is 7.84. The van der Waals surface area contributed by atoms with E-state index in [4.69, 9.17) is 24.8 Å². The first-order chi connectivity index (χ1) is 24.0. The number of halogens is 6. The molecule has 0 aliphatic carbocycles. The number of aromatic nitrogens is 5. The van der Waals surface area contributed by atoms with E-state index in [0.717, 1.165) is 72.5 Å². The highest BCUT2D eigenvalue weighted by Gasteiger charge is 2.39. The van der Waals surface area contributed by atoms with Crippen LogP contribution in [0.25, 0.3) is 27.8 Å². The van der Waals surface area contributed by atoms with Crippen molar-refractivity contribution in [1.82, 2.24) is 34.6 Å². The van der Waals surface area contributed by atoms with Gasteiger partial charge in [0, 0.05) is 74.1 Å². The zero-order valence-electron chi connectivity index (χ0n) is 26.8. The minimum Gasteiger partial charge on any atom is -0.475 e. The molecule has 20 heteroatoms. The predicted molar refractivity (Wildman–Crippen MR) is 167 cm³/mol. The number of carboxylic acid groups (broad SMARTS) is 2. The Labute approximate surface area is 285 Å². The number of aryl methyl sites for hydroxylation is 1. The van der Waals surface area contributed by atoms with Gasteiger partial charge in [-0.15, -0.1) is 0 Å². The molecular formula is C31H31F6N9O5. The summed E-state index contributed by atoms with van der Waals surface area (Å²) in [5, 5.41) is 36.0. The lowest BCUT2D eigenvalue weighted by molar-refractivity contribution is -0.193. The summed E-state index contributed by atoms with van der Waals surface area (Å²) in [5.74, 6) is -4.39. The van der Waals surface area contributed by atoms with Gasteiger partial charge in [-0.05, 0) is 37.6 Å². The standard InChI is InChI=1S/C27H29N9O.2C2HF3O2/c1-33-17-22(16-31-33)20-12-23(26-21(13-28)15-32-36(26)18-20)19-5-6-25(30-14-19)34-8-10-35(11-9-34)27(37)24-4-2-3-7-29-24;2*3-2(4,5)1(6)7/h5-6,12,14-18,24,29H,2-4,7-11H2,1H3;2*(H,6,7). The largest absolute Gasteiger partial charge is 0.490 e. The van der Waals surface area contributed by atoms with E-state index < -0.39 is 24.3 Å². The molecule has 2 aliphatic rings. The topological polar surface area (TPSA) is 182 Å². The van der Waals surface area contributed by atoms with Gasteiger partial charge in [0.25, 0.3) is 0 Å². The molecule has 3 N–H and O–H groups in total. The number of alkyl halides is 6. The van der Waals surface area contributed by atoms with Crippen molar-refractivity contribution in [3.8, 4) is 28.3 Å². The number of pyridine rings is 2. The van der Waals surface area contributed by atoms with Crippen molar-refractivity contribution in [2.75, 3.05) is 37.6 Å². The fourth-order valence-electron chi connectivity index (χ4n) is 5.32. The Balaban J connectivity index is 0.000000353. The molecule has 4 aromatic rings. The van der Waals surface area contributed by atoms with Crippen molar-refractivity contribution >= 4 is 29.2 Å². The lowest BCUT2D eigenvalue weighted by Crippen LogP contribution is -2.55. The first kappa shape index (κ1) is 38.1. The Bertz CT molecular complexity index is 1860. The quantitative estimate of drug-likeness (QED) is 0.261. The Morgan fingerprint density at radius 2 is 1.53 bits per heavy atom. The molecule has 0 spiro atoms. The highest BCUT2D eigenvalue weighted by molar-refractivity contribution is 5.87. The van der Waals surface area contributed by atoms with Gasteiger partial charge in [-0.2, -0.15) is 41.8 Å². The molecule has 272 valence electrons. The lowest BCUT2D eigenvalue weighted by atomic mass is 10.0. The van der Waals surface area contributed by atoms with Gasteiger partial charge in [-0.1, -0.05) is 6.42 Å². The SMILES string of the molecule is Cn1cc(-c2cc(-c3ccc(N4CCN(C(=O)C5CCCCN5)CC4)nc3)c3c(C#N)cnn3c2)cn1.O=C(O)C(F)(F)F.O=C(O)C(F)(F)F. The van der Waals surface area contributed by atoms with Crippen molar-refractivity contribution in [3.63, 3.8) is 0 Å². The number of fused-ring (bicyclic) bond motifs is 1. The zero-order valence-corrected chi connectivity index (χ0v) is 26.8. The van der Waals surface area contributed by atoms with Crippen LogP contribution in [0.3, 0.4) is 0 Å². The van der Waals surface area contributed by atoms with Crippen LogP contribution >= 0.6 is 0 Å². The fourth-order valence-corrected chi connectivity index (χ4v) is 5.32. The average molecular weight is 724 g/mol. The van der Waals surface area contributed by atoms with Crippen LogP contribution in [-0.2, 0) is 21.4 Å². The van der Waals surface area contributed by atoms with Crippen LogP contribution in [0.15, 0.2) is 49.2 Å². The monoisotopic (exact) mass is 723 g/mol. The van der Waals surface area contributed by atoms with Crippen LogP contribution in [0.1, 0.15) is 24.8 Å². The van der Waals surface area contributed by atoms with Crippen molar-refractivity contribution < 1.29 is 50.9 Å². The van der Waals surface area contributed by atoms with Crippen molar-refractivity contribution in [1.29, 1.82) is 5.26 Å². The second-order valence-corrected chi connectivity index (χ2v) is 11.3. The van der Waals surface area contributed by atoms with Crippen LogP contribution in [0.4, 0.5) is 32.2 Å². The maximum absolute atomic E-state index is 12.9. The minimum atomic E-state index is -5.08. The first-order valence-electron chi connectivity index (χ1n) is 15.2. The van der Waals surface area contributed by atoms with E-state index in [-0.39, 0.29) is 11.9 Å². The number of piperazine rings is 1. The van der Waals surface area contributed by atoms with Crippen molar-refractivity contribution in [2.24, 2.45) is 7.05 Å². The molecule has 1 atom stereocenters. The molecule has 4 aromatic heterocycles. The first-order valence-corrected chi connectivity index (χ1v) is 15.2. The number of amides is 1. The average Bonchev–Trinajstić information content (AvgIpc) is 3.74. The zero-order chi connectivity index (χ0) is 37.5. The van der Waals surface area contributed by atoms with E-state index in [2.05, 4.69) is 32.5 Å². The summed E-state index contributed by atoms with van der Waals surface area (Å²) >= 11 is 0. The summed E-state index contributed by atoms with van der Waals surface area (Å²) in [4.78, 5) is 39.6. The molecule has 1 amide bonds. The Morgan fingerprint density at radius 3 is 2.02 bits per heavy atom. The van der Waals surface area contributed by atoms with E-state index in [1.165, 1.54) is 0 Å². The fraction of sp³-hybridized carbons (Fsp3) is 0.387. The maximum atomic E-state index is 12.9. The normalized spacial score (nSPS) is 16.3. The lowest BCUT2D eigenvalue weighted by Gasteiger charge is -2.37. The van der Waals surface area contributed by atoms with Gasteiger partial charge >= 0.3 is 24.3 Å². The van der Waals surface area contributed by atoms with Gasteiger partial charge in [0.2, 0.25) is 5.91 Å². The number of nitrogens with zero attached hydrogens (tertiary/aromatic N) is 8. The summed E-state index contributed by atoms with van der Waals surface area (Å²) in [6.45, 7) is 3.85. The number of carbonyl (C=O) groups is 3. The predicted octanol–water partition coefficient (Wildman–Crippen LogP) is 3.73. The summed E-state index contributed by atoms with van der Waals surface area (Å²) in [6, 6.07) is 8.36. The molecule has 0 bridgehead atoms. The number of aliphatic carboxylic acids is 2. The number of hydrogen-bond donors (Lipinski definition) is 3. The molecule has 1 unspecified atom stereocenters. The third kappa shape index (κ3) is 9.72. The molecular weight excluding hydrogens is 692 g/mol. The highest BCUT2D eigenvalue weighted by atomic mass is 19.4. The van der Waals surface area contributed by atoms with Gasteiger partial charge in [0.05, 0.1) is 29.5 Å². The van der Waals surface area contributed by atoms with Gasteiger partial charge in [0.1, 0.15) is 11.9 Å². The molecule has 2 saturated heterocycles. The number of nitrogens with one attached hydrogen (secondary N) is 1. The van der Waals surface area contributed by atoms with Crippen molar-refractivity contribution in [2.45, 2.75) is 37.7 Å². The Morgan fingerprint density at radius 1 is 0.882 bits per heavy atom. The molecule has 2 aliphatic heterocycles. The molecule has 6 heterocycles. The van der Waals surface area contributed by atoms with Gasteiger partial charge in [-0.25, -0.2) is 19.1 Å². The number of carboxylic acids is 2. The molecule has 0 saturated carbocycles. The number of anilines is 1. The van der Waals surface area contributed by atoms with Crippen LogP contribution in [-0.4, -0.2) is 108 Å². The molecule has 0 radical (unpaired) electrons. The Hall–Kier alpha value is -5.71. The number of rotatable bonds is 4. The van der Waals surface area contributed by atoms with E-state index in [9.17, 15) is 36.4 Å². The number of piperidine rings is 1. The minimum absolute atomic E-state index is 0.0289. The third-order valence-electron chi connectivity index (χ3n) is 7.84. The van der Waals surface area contributed by atoms with E-state index in [1.54, 1.807) is 15.4 Å². The van der Waals surface area contributed by atoms with E-state index >= 15 is 0 Å². The van der Waals surface area contributed by atoms with E-state index in [1.807, 2.05) is 48.9 Å². The molecule has 6 rings (SSSR count). The second kappa shape index (κ2) is 15.9. The van der Waals surface area contributed by atoms with Gasteiger partial charge in [-0.3, -0.25) is 9.48 Å². The second-order valence-electron chi connectivity index (χ2n) is 11.3. The summed E-state index contributed by atoms with van der Waals surface area (Å²) in [5.41, 5.74) is 5.01. The number of carbonyl (C=O) groups excluding carboxylic acids is 1. The maximum Gasteiger partial charge on any atom is 0.490 e. The van der Waals surface area contributed by atoms with Crippen LogP contribution < -0.4 is 10.2 Å².